The largest absolute Gasteiger partial charge is 0.444 e. The monoisotopic (exact) mass is 301 g/mol. The van der Waals surface area contributed by atoms with Crippen molar-refractivity contribution < 1.29 is 18.7 Å². The summed E-state index contributed by atoms with van der Waals surface area (Å²) in [5.74, 6) is -0.434. The third-order valence-electron chi connectivity index (χ3n) is 3.94. The number of ketones is 1. The number of amides is 1. The molecule has 21 heavy (non-hydrogen) atoms. The van der Waals surface area contributed by atoms with E-state index in [1.807, 2.05) is 13.8 Å². The van der Waals surface area contributed by atoms with E-state index in [1.54, 1.807) is 34.6 Å². The normalized spacial score (nSPS) is 29.4. The Kier molecular flexibility index (Phi) is 4.76. The summed E-state index contributed by atoms with van der Waals surface area (Å²) in [7, 11) is 0. The average molecular weight is 301 g/mol. The molecule has 1 fully saturated rings. The van der Waals surface area contributed by atoms with Crippen LogP contribution >= 0.6 is 0 Å². The number of carbonyl (C=O) groups excluding carboxylic acids is 2. The first kappa shape index (κ1) is 17.9. The lowest BCUT2D eigenvalue weighted by molar-refractivity contribution is -0.145. The Morgan fingerprint density at radius 2 is 1.90 bits per heavy atom. The van der Waals surface area contributed by atoms with E-state index in [1.165, 1.54) is 4.90 Å². The maximum absolute atomic E-state index is 14.4. The molecule has 2 atom stereocenters. The van der Waals surface area contributed by atoms with Crippen LogP contribution in [0.3, 0.4) is 0 Å². The lowest BCUT2D eigenvalue weighted by atomic mass is 9.75. The van der Waals surface area contributed by atoms with Crippen molar-refractivity contribution >= 4 is 11.9 Å². The van der Waals surface area contributed by atoms with Gasteiger partial charge in [0.05, 0.1) is 11.1 Å². The first-order chi connectivity index (χ1) is 9.35. The molecule has 0 N–H and O–H groups in total. The number of carbonyl (C=O) groups is 2. The first-order valence-corrected chi connectivity index (χ1v) is 7.55. The molecule has 1 heterocycles. The maximum atomic E-state index is 14.4. The highest BCUT2D eigenvalue weighted by Crippen LogP contribution is 2.41. The topological polar surface area (TPSA) is 46.6 Å². The van der Waals surface area contributed by atoms with Gasteiger partial charge in [-0.1, -0.05) is 13.3 Å². The first-order valence-electron chi connectivity index (χ1n) is 7.55. The summed E-state index contributed by atoms with van der Waals surface area (Å²) in [6, 6.07) is 0. The molecule has 0 aromatic carbocycles. The van der Waals surface area contributed by atoms with Gasteiger partial charge >= 0.3 is 6.09 Å². The summed E-state index contributed by atoms with van der Waals surface area (Å²) in [4.78, 5) is 26.0. The van der Waals surface area contributed by atoms with Crippen molar-refractivity contribution in [2.75, 3.05) is 0 Å². The molecule has 0 saturated carbocycles. The van der Waals surface area contributed by atoms with E-state index >= 15 is 0 Å². The van der Waals surface area contributed by atoms with E-state index < -0.39 is 34.7 Å². The van der Waals surface area contributed by atoms with Gasteiger partial charge in [0, 0.05) is 6.42 Å². The highest BCUT2D eigenvalue weighted by atomic mass is 19.1. The summed E-state index contributed by atoms with van der Waals surface area (Å²) < 4.78 is 19.8. The molecule has 0 radical (unpaired) electrons. The Hall–Kier alpha value is -1.13. The van der Waals surface area contributed by atoms with Crippen molar-refractivity contribution in [3.63, 3.8) is 0 Å². The molecule has 1 amide bonds. The number of piperidine rings is 1. The smallest absolute Gasteiger partial charge is 0.411 e. The third kappa shape index (κ3) is 3.55. The molecule has 0 spiro atoms. The molecule has 5 heteroatoms. The van der Waals surface area contributed by atoms with Gasteiger partial charge in [0.15, 0.2) is 12.0 Å². The van der Waals surface area contributed by atoms with Crippen molar-refractivity contribution in [1.29, 1.82) is 0 Å². The predicted molar refractivity (Wildman–Crippen MR) is 80.0 cm³/mol. The van der Waals surface area contributed by atoms with Crippen LogP contribution in [-0.2, 0) is 9.53 Å². The number of alkyl halides is 1. The van der Waals surface area contributed by atoms with E-state index in [0.29, 0.717) is 6.42 Å². The molecule has 0 aromatic heterocycles. The predicted octanol–water partition coefficient (Wildman–Crippen LogP) is 3.87. The van der Waals surface area contributed by atoms with Crippen LogP contribution in [0.25, 0.3) is 0 Å². The molecular formula is C16H28FNO3. The molecule has 1 rings (SSSR count). The number of Topliss-reactive ketones (excluding diaryl/α,β-unsaturated/α-hetero) is 1. The minimum absolute atomic E-state index is 0.0324. The molecule has 0 aromatic rings. The summed E-state index contributed by atoms with van der Waals surface area (Å²) in [6.45, 7) is 12.3. The maximum Gasteiger partial charge on any atom is 0.411 e. The molecule has 1 saturated heterocycles. The van der Waals surface area contributed by atoms with Crippen LogP contribution in [0.1, 0.15) is 67.7 Å². The van der Waals surface area contributed by atoms with Gasteiger partial charge < -0.3 is 4.74 Å². The number of likely N-dealkylation sites (tertiary alicyclic amines) is 1. The van der Waals surface area contributed by atoms with Gasteiger partial charge in [-0.25, -0.2) is 9.18 Å². The number of nitrogens with zero attached hydrogens (tertiary/aromatic N) is 1. The van der Waals surface area contributed by atoms with Crippen LogP contribution in [0.5, 0.6) is 0 Å². The summed E-state index contributed by atoms with van der Waals surface area (Å²) >= 11 is 0. The van der Waals surface area contributed by atoms with Crippen molar-refractivity contribution in [1.82, 2.24) is 4.90 Å². The van der Waals surface area contributed by atoms with Crippen molar-refractivity contribution in [3.05, 3.63) is 0 Å². The zero-order valence-corrected chi connectivity index (χ0v) is 14.2. The summed E-state index contributed by atoms with van der Waals surface area (Å²) in [5, 5.41) is 0. The van der Waals surface area contributed by atoms with Crippen LogP contribution in [0.2, 0.25) is 0 Å². The van der Waals surface area contributed by atoms with Gasteiger partial charge in [-0.2, -0.15) is 0 Å². The van der Waals surface area contributed by atoms with E-state index in [-0.39, 0.29) is 6.42 Å². The standard InChI is InChI=1S/C16H28FNO3/c1-8-9-16(7)10-11(19)12(17)15(5,6)18(16)13(20)21-14(2,3)4/h12H,8-10H2,1-7H3/t12-,16-/m0/s1. The van der Waals surface area contributed by atoms with Gasteiger partial charge in [-0.05, 0) is 48.0 Å². The lowest BCUT2D eigenvalue weighted by Crippen LogP contribution is -2.69. The van der Waals surface area contributed by atoms with Crippen LogP contribution in [0, 0.1) is 0 Å². The molecule has 4 nitrogen and oxygen atoms in total. The van der Waals surface area contributed by atoms with Crippen LogP contribution in [-0.4, -0.2) is 39.6 Å². The Morgan fingerprint density at radius 3 is 2.33 bits per heavy atom. The third-order valence-corrected chi connectivity index (χ3v) is 3.94. The number of rotatable bonds is 2. The number of halogens is 1. The van der Waals surface area contributed by atoms with E-state index in [2.05, 4.69) is 0 Å². The van der Waals surface area contributed by atoms with E-state index in [4.69, 9.17) is 4.74 Å². The molecule has 1 aliphatic heterocycles. The second-order valence-electron chi connectivity index (χ2n) is 7.72. The minimum Gasteiger partial charge on any atom is -0.444 e. The molecule has 1 aliphatic rings. The van der Waals surface area contributed by atoms with Crippen LogP contribution < -0.4 is 0 Å². The highest BCUT2D eigenvalue weighted by molar-refractivity contribution is 5.89. The molecule has 122 valence electrons. The van der Waals surface area contributed by atoms with Crippen LogP contribution in [0.4, 0.5) is 9.18 Å². The minimum atomic E-state index is -1.69. The lowest BCUT2D eigenvalue weighted by Gasteiger charge is -2.54. The number of hydrogen-bond donors (Lipinski definition) is 0. The van der Waals surface area contributed by atoms with Gasteiger partial charge in [-0.3, -0.25) is 9.69 Å². The SMILES string of the molecule is CCC[C@@]1(C)CC(=O)[C@H](F)C(C)(C)N1C(=O)OC(C)(C)C. The zero-order valence-electron chi connectivity index (χ0n) is 14.2. The molecule has 0 unspecified atom stereocenters. The second-order valence-corrected chi connectivity index (χ2v) is 7.72. The second kappa shape index (κ2) is 5.58. The Morgan fingerprint density at radius 1 is 1.38 bits per heavy atom. The Balaban J connectivity index is 3.24. The van der Waals surface area contributed by atoms with Crippen molar-refractivity contribution in [3.8, 4) is 0 Å². The molecule has 0 aliphatic carbocycles. The van der Waals surface area contributed by atoms with Gasteiger partial charge in [0.25, 0.3) is 0 Å². The quantitative estimate of drug-likeness (QED) is 0.777. The fraction of sp³-hybridized carbons (Fsp3) is 0.875. The van der Waals surface area contributed by atoms with Crippen molar-refractivity contribution in [2.24, 2.45) is 0 Å². The fourth-order valence-electron chi connectivity index (χ4n) is 3.25. The fourth-order valence-corrected chi connectivity index (χ4v) is 3.25. The Labute approximate surface area is 127 Å². The van der Waals surface area contributed by atoms with Gasteiger partial charge in [0.2, 0.25) is 0 Å². The molecule has 0 bridgehead atoms. The average Bonchev–Trinajstić information content (AvgIpc) is 2.23. The van der Waals surface area contributed by atoms with Crippen LogP contribution in [0.15, 0.2) is 0 Å². The summed E-state index contributed by atoms with van der Waals surface area (Å²) in [5.41, 5.74) is -2.57. The van der Waals surface area contributed by atoms with Gasteiger partial charge in [0.1, 0.15) is 5.60 Å². The zero-order chi connectivity index (χ0) is 16.6. The number of ether oxygens (including phenoxy) is 1. The highest BCUT2D eigenvalue weighted by Gasteiger charge is 2.56. The number of hydrogen-bond acceptors (Lipinski definition) is 3. The van der Waals surface area contributed by atoms with E-state index in [0.717, 1.165) is 6.42 Å². The van der Waals surface area contributed by atoms with Gasteiger partial charge in [-0.15, -0.1) is 0 Å². The molecular weight excluding hydrogens is 273 g/mol. The van der Waals surface area contributed by atoms with E-state index in [9.17, 15) is 14.0 Å². The Bertz CT molecular complexity index is 428. The van der Waals surface area contributed by atoms with Crippen molar-refractivity contribution in [2.45, 2.75) is 90.6 Å². The summed E-state index contributed by atoms with van der Waals surface area (Å²) in [6.07, 6.45) is -0.775.